The van der Waals surface area contributed by atoms with Gasteiger partial charge in [-0.15, -0.1) is 16.9 Å². The highest BCUT2D eigenvalue weighted by atomic mass is 32.2. The van der Waals surface area contributed by atoms with Gasteiger partial charge in [0.15, 0.2) is 5.78 Å². The third-order valence-corrected chi connectivity index (χ3v) is 6.64. The van der Waals surface area contributed by atoms with E-state index in [1.807, 2.05) is 18.4 Å². The highest BCUT2D eigenvalue weighted by molar-refractivity contribution is 7.99. The van der Waals surface area contributed by atoms with Gasteiger partial charge in [-0.05, 0) is 36.3 Å². The van der Waals surface area contributed by atoms with Gasteiger partial charge < -0.3 is 10.1 Å². The van der Waals surface area contributed by atoms with Crippen LogP contribution in [0.1, 0.15) is 31.4 Å². The molecule has 0 saturated carbocycles. The zero-order chi connectivity index (χ0) is 20.5. The van der Waals surface area contributed by atoms with E-state index in [1.54, 1.807) is 16.4 Å². The van der Waals surface area contributed by atoms with Crippen molar-refractivity contribution in [2.24, 2.45) is 5.92 Å². The van der Waals surface area contributed by atoms with Crippen LogP contribution in [0.3, 0.4) is 0 Å². The van der Waals surface area contributed by atoms with Crippen molar-refractivity contribution in [2.75, 3.05) is 24.4 Å². The molecule has 9 heteroatoms. The monoisotopic (exact) mass is 430 g/mol. The summed E-state index contributed by atoms with van der Waals surface area (Å²) in [5.41, 5.74) is 2.69. The average Bonchev–Trinajstić information content (AvgIpc) is 3.12. The second-order valence-electron chi connectivity index (χ2n) is 7.16. The lowest BCUT2D eigenvalue weighted by Gasteiger charge is -2.34. The van der Waals surface area contributed by atoms with Gasteiger partial charge >= 0.3 is 5.97 Å². The molecule has 4 rings (SSSR count). The first-order valence-electron chi connectivity index (χ1n) is 9.33. The summed E-state index contributed by atoms with van der Waals surface area (Å²) in [5.74, 6) is 0.834. The summed E-state index contributed by atoms with van der Waals surface area (Å²) in [4.78, 5) is 30.2. The molecule has 2 heterocycles. The van der Waals surface area contributed by atoms with Gasteiger partial charge in [0.1, 0.15) is 6.04 Å². The van der Waals surface area contributed by atoms with Crippen LogP contribution in [0.2, 0.25) is 0 Å². The normalized spacial score (nSPS) is 20.7. The molecule has 2 aliphatic rings. The van der Waals surface area contributed by atoms with Crippen LogP contribution in [0, 0.1) is 5.92 Å². The molecule has 29 heavy (non-hydrogen) atoms. The molecule has 0 radical (unpaired) electrons. The molecule has 152 valence electrons. The number of carbonyl (C=O) groups excluding carboxylic acids is 2. The topological polar surface area (TPSA) is 86.1 Å². The number of allylic oxidation sites excluding steroid dienone is 2. The zero-order valence-corrected chi connectivity index (χ0v) is 18.1. The van der Waals surface area contributed by atoms with E-state index in [4.69, 9.17) is 4.74 Å². The molecule has 0 saturated heterocycles. The number of nitrogens with one attached hydrogen (secondary N) is 1. The van der Waals surface area contributed by atoms with Crippen molar-refractivity contribution in [1.82, 2.24) is 14.8 Å². The van der Waals surface area contributed by atoms with Gasteiger partial charge in [0.2, 0.25) is 11.1 Å². The maximum atomic E-state index is 13.0. The fourth-order valence-electron chi connectivity index (χ4n) is 3.73. The van der Waals surface area contributed by atoms with Crippen molar-refractivity contribution in [3.8, 4) is 0 Å². The van der Waals surface area contributed by atoms with Crippen LogP contribution >= 0.6 is 23.5 Å². The standard InChI is InChI=1S/C20H22N4O3S2/c1-11-8-14-17(15(25)9-11)18(12-4-6-13(28-3)7-5-12)24-19(21-14)22-20(23-24)29-10-16(26)27-2/h4-7,11,18H,8-10H2,1-3H3,(H,21,22,23)/t11-,18-/m0/s1. The van der Waals surface area contributed by atoms with E-state index in [0.29, 0.717) is 17.5 Å². The van der Waals surface area contributed by atoms with Gasteiger partial charge in [-0.3, -0.25) is 9.59 Å². The minimum atomic E-state index is -0.332. The molecule has 1 aliphatic heterocycles. The Morgan fingerprint density at radius 2 is 2.07 bits per heavy atom. The number of benzene rings is 1. The van der Waals surface area contributed by atoms with E-state index in [2.05, 4.69) is 34.5 Å². The van der Waals surface area contributed by atoms with Crippen molar-refractivity contribution in [2.45, 2.75) is 35.9 Å². The van der Waals surface area contributed by atoms with Crippen LogP contribution < -0.4 is 5.32 Å². The number of hydrogen-bond donors (Lipinski definition) is 1. The lowest BCUT2D eigenvalue weighted by Crippen LogP contribution is -2.33. The molecule has 1 aliphatic carbocycles. The van der Waals surface area contributed by atoms with E-state index in [9.17, 15) is 9.59 Å². The number of methoxy groups -OCH3 is 1. The number of Topliss-reactive ketones (excluding diaryl/α,β-unsaturated/α-hetero) is 1. The predicted molar refractivity (Wildman–Crippen MR) is 113 cm³/mol. The van der Waals surface area contributed by atoms with Gasteiger partial charge in [0.25, 0.3) is 0 Å². The van der Waals surface area contributed by atoms with Crippen LogP contribution in [-0.4, -0.2) is 45.6 Å². The fourth-order valence-corrected chi connectivity index (χ4v) is 4.79. The lowest BCUT2D eigenvalue weighted by molar-refractivity contribution is -0.137. The Labute approximate surface area is 177 Å². The SMILES string of the molecule is COC(=O)CSc1nc2n(n1)[C@@H](c1ccc(SC)cc1)C1=C(C[C@H](C)CC1=O)N2. The number of hydrogen-bond acceptors (Lipinski definition) is 8. The van der Waals surface area contributed by atoms with E-state index in [-0.39, 0.29) is 29.5 Å². The Hall–Kier alpha value is -2.26. The summed E-state index contributed by atoms with van der Waals surface area (Å²) in [6.45, 7) is 2.09. The van der Waals surface area contributed by atoms with Gasteiger partial charge in [0.05, 0.1) is 12.9 Å². The van der Waals surface area contributed by atoms with Crippen LogP contribution in [0.4, 0.5) is 5.95 Å². The second-order valence-corrected chi connectivity index (χ2v) is 8.98. The summed E-state index contributed by atoms with van der Waals surface area (Å²) >= 11 is 2.90. The average molecular weight is 431 g/mol. The Kier molecular flexibility index (Phi) is 5.69. The molecule has 2 aromatic rings. The number of ketones is 1. The van der Waals surface area contributed by atoms with Gasteiger partial charge in [-0.25, -0.2) is 4.68 Å². The Balaban J connectivity index is 1.75. The number of ether oxygens (including phenoxy) is 1. The smallest absolute Gasteiger partial charge is 0.316 e. The van der Waals surface area contributed by atoms with Crippen LogP contribution in [-0.2, 0) is 14.3 Å². The molecule has 1 N–H and O–H groups in total. The molecule has 0 unspecified atom stereocenters. The molecule has 1 aromatic heterocycles. The summed E-state index contributed by atoms with van der Waals surface area (Å²) in [6, 6.07) is 7.88. The summed E-state index contributed by atoms with van der Waals surface area (Å²) in [5, 5.41) is 8.40. The maximum absolute atomic E-state index is 13.0. The molecule has 0 amide bonds. The van der Waals surface area contributed by atoms with Crippen LogP contribution in [0.5, 0.6) is 0 Å². The number of thioether (sulfide) groups is 2. The number of rotatable bonds is 5. The minimum Gasteiger partial charge on any atom is -0.468 e. The minimum absolute atomic E-state index is 0.135. The first-order chi connectivity index (χ1) is 14.0. The first-order valence-corrected chi connectivity index (χ1v) is 11.5. The van der Waals surface area contributed by atoms with Crippen LogP contribution in [0.25, 0.3) is 0 Å². The quantitative estimate of drug-likeness (QED) is 0.569. The number of fused-ring (bicyclic) bond motifs is 1. The Morgan fingerprint density at radius 1 is 1.31 bits per heavy atom. The molecule has 0 bridgehead atoms. The van der Waals surface area contributed by atoms with E-state index in [1.165, 1.54) is 18.9 Å². The van der Waals surface area contributed by atoms with Crippen molar-refractivity contribution in [3.63, 3.8) is 0 Å². The molecule has 2 atom stereocenters. The van der Waals surface area contributed by atoms with Crippen molar-refractivity contribution in [3.05, 3.63) is 41.1 Å². The molecule has 7 nitrogen and oxygen atoms in total. The fraction of sp³-hybridized carbons (Fsp3) is 0.400. The highest BCUT2D eigenvalue weighted by Crippen LogP contribution is 2.42. The molecular formula is C20H22N4O3S2. The Morgan fingerprint density at radius 3 is 2.76 bits per heavy atom. The van der Waals surface area contributed by atoms with Crippen molar-refractivity contribution >= 4 is 41.2 Å². The van der Waals surface area contributed by atoms with E-state index >= 15 is 0 Å². The van der Waals surface area contributed by atoms with Gasteiger partial charge in [0, 0.05) is 22.6 Å². The third kappa shape index (κ3) is 3.93. The Bertz CT molecular complexity index is 984. The molecule has 0 spiro atoms. The summed E-state index contributed by atoms with van der Waals surface area (Å²) in [6.07, 6.45) is 3.37. The first kappa shape index (κ1) is 20.0. The zero-order valence-electron chi connectivity index (χ0n) is 16.5. The maximum Gasteiger partial charge on any atom is 0.316 e. The van der Waals surface area contributed by atoms with Gasteiger partial charge in [-0.1, -0.05) is 30.8 Å². The molecular weight excluding hydrogens is 408 g/mol. The predicted octanol–water partition coefficient (Wildman–Crippen LogP) is 3.53. The van der Waals surface area contributed by atoms with E-state index < -0.39 is 0 Å². The summed E-state index contributed by atoms with van der Waals surface area (Å²) in [7, 11) is 1.36. The van der Waals surface area contributed by atoms with Crippen LogP contribution in [0.15, 0.2) is 45.6 Å². The lowest BCUT2D eigenvalue weighted by atomic mass is 9.81. The number of carbonyl (C=O) groups is 2. The highest BCUT2D eigenvalue weighted by Gasteiger charge is 2.38. The largest absolute Gasteiger partial charge is 0.468 e. The third-order valence-electron chi connectivity index (χ3n) is 5.08. The number of aromatic nitrogens is 3. The van der Waals surface area contributed by atoms with Crippen molar-refractivity contribution in [1.29, 1.82) is 0 Å². The second kappa shape index (κ2) is 8.23. The van der Waals surface area contributed by atoms with Crippen molar-refractivity contribution < 1.29 is 14.3 Å². The number of esters is 1. The number of nitrogens with zero attached hydrogens (tertiary/aromatic N) is 3. The summed E-state index contributed by atoms with van der Waals surface area (Å²) < 4.78 is 6.46. The van der Waals surface area contributed by atoms with E-state index in [0.717, 1.165) is 28.1 Å². The molecule has 0 fully saturated rings. The van der Waals surface area contributed by atoms with Gasteiger partial charge in [-0.2, -0.15) is 4.98 Å². The molecule has 1 aromatic carbocycles. The number of anilines is 1.